The van der Waals surface area contributed by atoms with Gasteiger partial charge in [-0.25, -0.2) is 0 Å². The number of benzene rings is 1. The summed E-state index contributed by atoms with van der Waals surface area (Å²) in [6.07, 6.45) is 0.901. The fourth-order valence-electron chi connectivity index (χ4n) is 2.59. The Morgan fingerprint density at radius 3 is 2.81 bits per heavy atom. The minimum Gasteiger partial charge on any atom is -0.550 e. The SMILES string of the molecule is Cc1ccc(C)c(NC(=O)[C@@H](CC(=O)[O-])[C@@H]2CCCO2)c1. The van der Waals surface area contributed by atoms with E-state index in [1.165, 1.54) is 0 Å². The number of hydrogen-bond acceptors (Lipinski definition) is 4. The van der Waals surface area contributed by atoms with Gasteiger partial charge in [-0.15, -0.1) is 0 Å². The van der Waals surface area contributed by atoms with Crippen molar-refractivity contribution in [3.05, 3.63) is 29.3 Å². The van der Waals surface area contributed by atoms with Gasteiger partial charge >= 0.3 is 0 Å². The number of aryl methyl sites for hydroxylation is 2. The fourth-order valence-corrected chi connectivity index (χ4v) is 2.59. The summed E-state index contributed by atoms with van der Waals surface area (Å²) in [5, 5.41) is 13.7. The van der Waals surface area contributed by atoms with Gasteiger partial charge in [0.15, 0.2) is 0 Å². The van der Waals surface area contributed by atoms with E-state index in [1.54, 1.807) is 0 Å². The van der Waals surface area contributed by atoms with Crippen molar-refractivity contribution in [2.75, 3.05) is 11.9 Å². The number of carbonyl (C=O) groups excluding carboxylic acids is 2. The number of carboxylic acids is 1. The molecule has 21 heavy (non-hydrogen) atoms. The molecule has 0 aromatic heterocycles. The lowest BCUT2D eigenvalue weighted by Crippen LogP contribution is -2.38. The van der Waals surface area contributed by atoms with E-state index < -0.39 is 11.9 Å². The molecule has 1 heterocycles. The predicted molar refractivity (Wildman–Crippen MR) is 76.6 cm³/mol. The topological polar surface area (TPSA) is 78.5 Å². The Hall–Kier alpha value is -1.88. The first-order valence-electron chi connectivity index (χ1n) is 7.17. The van der Waals surface area contributed by atoms with Crippen LogP contribution in [-0.4, -0.2) is 24.6 Å². The van der Waals surface area contributed by atoms with E-state index in [-0.39, 0.29) is 18.4 Å². The molecule has 1 aromatic rings. The van der Waals surface area contributed by atoms with Gasteiger partial charge in [-0.2, -0.15) is 0 Å². The lowest BCUT2D eigenvalue weighted by Gasteiger charge is -2.23. The number of nitrogens with one attached hydrogen (secondary N) is 1. The van der Waals surface area contributed by atoms with Gasteiger partial charge in [-0.1, -0.05) is 12.1 Å². The van der Waals surface area contributed by atoms with E-state index in [1.807, 2.05) is 32.0 Å². The van der Waals surface area contributed by atoms with Gasteiger partial charge in [0.25, 0.3) is 0 Å². The number of rotatable bonds is 5. The first-order chi connectivity index (χ1) is 9.97. The summed E-state index contributed by atoms with van der Waals surface area (Å²) in [6.45, 7) is 4.41. The number of hydrogen-bond donors (Lipinski definition) is 1. The van der Waals surface area contributed by atoms with Gasteiger partial charge in [0.05, 0.1) is 12.0 Å². The summed E-state index contributed by atoms with van der Waals surface area (Å²) in [5.74, 6) is -2.26. The molecule has 5 heteroatoms. The average molecular weight is 290 g/mol. The Balaban J connectivity index is 2.13. The second-order valence-electron chi connectivity index (χ2n) is 5.54. The van der Waals surface area contributed by atoms with Crippen LogP contribution in [0.1, 0.15) is 30.4 Å². The van der Waals surface area contributed by atoms with Crippen LogP contribution in [0.3, 0.4) is 0 Å². The van der Waals surface area contributed by atoms with Crippen LogP contribution in [0.25, 0.3) is 0 Å². The lowest BCUT2D eigenvalue weighted by molar-refractivity contribution is -0.307. The molecule has 0 unspecified atom stereocenters. The molecule has 1 fully saturated rings. The highest BCUT2D eigenvalue weighted by atomic mass is 16.5. The summed E-state index contributed by atoms with van der Waals surface area (Å²) < 4.78 is 5.48. The number of ether oxygens (including phenoxy) is 1. The van der Waals surface area contributed by atoms with Crippen molar-refractivity contribution in [1.82, 2.24) is 0 Å². The van der Waals surface area contributed by atoms with E-state index >= 15 is 0 Å². The maximum absolute atomic E-state index is 12.4. The van der Waals surface area contributed by atoms with Gasteiger partial charge in [-0.3, -0.25) is 4.79 Å². The van der Waals surface area contributed by atoms with Crippen molar-refractivity contribution < 1.29 is 19.4 Å². The largest absolute Gasteiger partial charge is 0.550 e. The highest BCUT2D eigenvalue weighted by molar-refractivity contribution is 5.95. The van der Waals surface area contributed by atoms with Crippen molar-refractivity contribution in [3.8, 4) is 0 Å². The Bertz CT molecular complexity index is 535. The number of carbonyl (C=O) groups is 2. The first-order valence-corrected chi connectivity index (χ1v) is 7.17. The van der Waals surface area contributed by atoms with Crippen molar-refractivity contribution >= 4 is 17.6 Å². The van der Waals surface area contributed by atoms with Crippen molar-refractivity contribution in [2.45, 2.75) is 39.2 Å². The Labute approximate surface area is 124 Å². The third kappa shape index (κ3) is 4.04. The summed E-state index contributed by atoms with van der Waals surface area (Å²) >= 11 is 0. The second kappa shape index (κ2) is 6.72. The van der Waals surface area contributed by atoms with Crippen molar-refractivity contribution in [1.29, 1.82) is 0 Å². The number of amides is 1. The molecule has 0 spiro atoms. The maximum Gasteiger partial charge on any atom is 0.230 e. The summed E-state index contributed by atoms with van der Waals surface area (Å²) in [6, 6.07) is 5.76. The minimum atomic E-state index is -1.23. The average Bonchev–Trinajstić information content (AvgIpc) is 2.93. The molecular formula is C16H20NO4-. The zero-order valence-corrected chi connectivity index (χ0v) is 12.3. The van der Waals surface area contributed by atoms with Gasteiger partial charge in [0.2, 0.25) is 5.91 Å². The van der Waals surface area contributed by atoms with Crippen LogP contribution in [0.2, 0.25) is 0 Å². The summed E-state index contributed by atoms with van der Waals surface area (Å²) in [4.78, 5) is 23.3. The Morgan fingerprint density at radius 1 is 1.43 bits per heavy atom. The van der Waals surface area contributed by atoms with Crippen LogP contribution in [-0.2, 0) is 14.3 Å². The van der Waals surface area contributed by atoms with Crippen molar-refractivity contribution in [3.63, 3.8) is 0 Å². The smallest absolute Gasteiger partial charge is 0.230 e. The number of anilines is 1. The molecule has 0 bridgehead atoms. The minimum absolute atomic E-state index is 0.318. The first kappa shape index (κ1) is 15.5. The number of aliphatic carboxylic acids is 1. The zero-order valence-electron chi connectivity index (χ0n) is 12.3. The van der Waals surface area contributed by atoms with Crippen LogP contribution < -0.4 is 10.4 Å². The molecule has 2 rings (SSSR count). The molecule has 1 aliphatic heterocycles. The van der Waals surface area contributed by atoms with Crippen LogP contribution in [0.5, 0.6) is 0 Å². The van der Waals surface area contributed by atoms with Gasteiger partial charge in [-0.05, 0) is 43.9 Å². The van der Waals surface area contributed by atoms with Crippen LogP contribution in [0.4, 0.5) is 5.69 Å². The molecule has 0 aliphatic carbocycles. The maximum atomic E-state index is 12.4. The van der Waals surface area contributed by atoms with E-state index in [9.17, 15) is 14.7 Å². The third-order valence-electron chi connectivity index (χ3n) is 3.79. The predicted octanol–water partition coefficient (Wildman–Crippen LogP) is 1.18. The summed E-state index contributed by atoms with van der Waals surface area (Å²) in [7, 11) is 0. The van der Waals surface area contributed by atoms with E-state index in [2.05, 4.69) is 5.32 Å². The lowest BCUT2D eigenvalue weighted by atomic mass is 9.95. The molecule has 5 nitrogen and oxygen atoms in total. The van der Waals surface area contributed by atoms with Crippen molar-refractivity contribution in [2.24, 2.45) is 5.92 Å². The van der Waals surface area contributed by atoms with Crippen LogP contribution in [0, 0.1) is 19.8 Å². The normalized spacial score (nSPS) is 19.2. The quantitative estimate of drug-likeness (QED) is 0.883. The van der Waals surface area contributed by atoms with Crippen LogP contribution in [0.15, 0.2) is 18.2 Å². The van der Waals surface area contributed by atoms with E-state index in [4.69, 9.17) is 4.74 Å². The summed E-state index contributed by atoms with van der Waals surface area (Å²) in [5.41, 5.74) is 2.68. The molecular weight excluding hydrogens is 270 g/mol. The molecule has 1 saturated heterocycles. The third-order valence-corrected chi connectivity index (χ3v) is 3.79. The highest BCUT2D eigenvalue weighted by Crippen LogP contribution is 2.25. The standard InChI is InChI=1S/C16H21NO4/c1-10-5-6-11(2)13(8-10)17-16(20)12(9-15(18)19)14-4-3-7-21-14/h5-6,8,12,14H,3-4,7,9H2,1-2H3,(H,17,20)(H,18,19)/p-1/t12-,14-/m0/s1. The van der Waals surface area contributed by atoms with Gasteiger partial charge < -0.3 is 20.0 Å². The molecule has 0 saturated carbocycles. The molecule has 114 valence electrons. The van der Waals surface area contributed by atoms with Crippen LogP contribution >= 0.6 is 0 Å². The second-order valence-corrected chi connectivity index (χ2v) is 5.54. The molecule has 1 N–H and O–H groups in total. The number of carboxylic acid groups (broad SMARTS) is 1. The molecule has 1 aliphatic rings. The Morgan fingerprint density at radius 2 is 2.19 bits per heavy atom. The monoisotopic (exact) mass is 290 g/mol. The van der Waals surface area contributed by atoms with E-state index in [0.29, 0.717) is 18.7 Å². The fraction of sp³-hybridized carbons (Fsp3) is 0.500. The molecule has 0 radical (unpaired) electrons. The highest BCUT2D eigenvalue weighted by Gasteiger charge is 2.32. The Kier molecular flexibility index (Phi) is 4.96. The molecule has 1 aromatic carbocycles. The molecule has 2 atom stereocenters. The zero-order chi connectivity index (χ0) is 15.4. The van der Waals surface area contributed by atoms with Gasteiger partial charge in [0.1, 0.15) is 0 Å². The van der Waals surface area contributed by atoms with Gasteiger partial charge in [0, 0.05) is 24.7 Å². The molecule has 1 amide bonds. The van der Waals surface area contributed by atoms with E-state index in [0.717, 1.165) is 17.5 Å².